The minimum absolute atomic E-state index is 0.105. The fraction of sp³-hybridized carbons (Fsp3) is 0.474. The predicted octanol–water partition coefficient (Wildman–Crippen LogP) is 2.52. The molecular weight excluding hydrogens is 364 g/mol. The quantitative estimate of drug-likeness (QED) is 0.641. The number of aromatic nitrogens is 3. The van der Waals surface area contributed by atoms with Crippen molar-refractivity contribution in [2.45, 2.75) is 50.4 Å². The van der Waals surface area contributed by atoms with Crippen LogP contribution in [-0.2, 0) is 16.1 Å². The van der Waals surface area contributed by atoms with E-state index in [1.54, 1.807) is 13.8 Å². The van der Waals surface area contributed by atoms with Gasteiger partial charge in [0.2, 0.25) is 5.91 Å². The molecule has 2 N–H and O–H groups in total. The zero-order valence-corrected chi connectivity index (χ0v) is 16.3. The molecule has 1 aromatic heterocycles. The molecule has 0 bridgehead atoms. The van der Waals surface area contributed by atoms with Crippen molar-refractivity contribution in [3.05, 3.63) is 41.7 Å². The zero-order valence-electron chi connectivity index (χ0n) is 15.5. The molecule has 2 aromatic rings. The lowest BCUT2D eigenvalue weighted by atomic mass is 10.1. The summed E-state index contributed by atoms with van der Waals surface area (Å²) >= 11 is 1.29. The lowest BCUT2D eigenvalue weighted by molar-refractivity contribution is -0.142. The number of amides is 1. The van der Waals surface area contributed by atoms with Crippen molar-refractivity contribution in [3.8, 4) is 0 Å². The molecule has 8 heteroatoms. The molecule has 1 aliphatic rings. The van der Waals surface area contributed by atoms with Gasteiger partial charge < -0.3 is 15.0 Å². The van der Waals surface area contributed by atoms with Crippen LogP contribution in [0.25, 0.3) is 0 Å². The molecule has 0 spiro atoms. The van der Waals surface area contributed by atoms with Gasteiger partial charge in [-0.15, -0.1) is 10.2 Å². The fourth-order valence-electron chi connectivity index (χ4n) is 2.82. The summed E-state index contributed by atoms with van der Waals surface area (Å²) < 4.78 is 2.07. The van der Waals surface area contributed by atoms with Gasteiger partial charge in [-0.1, -0.05) is 55.9 Å². The Kier molecular flexibility index (Phi) is 6.15. The third-order valence-corrected chi connectivity index (χ3v) is 5.42. The zero-order chi connectivity index (χ0) is 19.4. The molecule has 1 heterocycles. The molecule has 1 unspecified atom stereocenters. The van der Waals surface area contributed by atoms with Crippen LogP contribution < -0.4 is 5.32 Å². The summed E-state index contributed by atoms with van der Waals surface area (Å²) in [5.74, 6) is -0.00246. The Labute approximate surface area is 162 Å². The van der Waals surface area contributed by atoms with Gasteiger partial charge in [0.15, 0.2) is 5.16 Å². The Morgan fingerprint density at radius 2 is 1.96 bits per heavy atom. The summed E-state index contributed by atoms with van der Waals surface area (Å²) in [6.45, 7) is 4.20. The van der Waals surface area contributed by atoms with Crippen molar-refractivity contribution in [1.82, 2.24) is 20.1 Å². The Morgan fingerprint density at radius 1 is 1.26 bits per heavy atom. The Hall–Kier alpha value is -2.35. The molecule has 3 rings (SSSR count). The first kappa shape index (κ1) is 19.4. The second kappa shape index (κ2) is 8.56. The molecule has 1 amide bonds. The van der Waals surface area contributed by atoms with Gasteiger partial charge >= 0.3 is 5.97 Å². The van der Waals surface area contributed by atoms with E-state index in [9.17, 15) is 14.7 Å². The molecule has 0 radical (unpaired) electrons. The number of nitrogens with one attached hydrogen (secondary N) is 1. The topological polar surface area (TPSA) is 97.1 Å². The van der Waals surface area contributed by atoms with Crippen LogP contribution in [0.5, 0.6) is 0 Å². The lowest BCUT2D eigenvalue weighted by Crippen LogP contribution is -2.45. The van der Waals surface area contributed by atoms with Crippen molar-refractivity contribution >= 4 is 23.6 Å². The third kappa shape index (κ3) is 5.09. The maximum absolute atomic E-state index is 12.2. The van der Waals surface area contributed by atoms with Gasteiger partial charge in [-0.2, -0.15) is 0 Å². The van der Waals surface area contributed by atoms with E-state index in [1.807, 2.05) is 18.2 Å². The summed E-state index contributed by atoms with van der Waals surface area (Å²) in [6.07, 6.45) is 2.24. The van der Waals surface area contributed by atoms with Gasteiger partial charge in [0.05, 0.1) is 12.3 Å². The van der Waals surface area contributed by atoms with Crippen LogP contribution >= 0.6 is 11.8 Å². The van der Waals surface area contributed by atoms with Crippen molar-refractivity contribution in [2.75, 3.05) is 5.75 Å². The largest absolute Gasteiger partial charge is 0.480 e. The maximum Gasteiger partial charge on any atom is 0.326 e. The number of carbonyl (C=O) groups is 2. The van der Waals surface area contributed by atoms with E-state index in [0.29, 0.717) is 17.6 Å². The molecule has 1 aromatic carbocycles. The summed E-state index contributed by atoms with van der Waals surface area (Å²) in [5, 5.41) is 21.1. The highest BCUT2D eigenvalue weighted by molar-refractivity contribution is 7.99. The minimum atomic E-state index is -1.02. The Balaban J connectivity index is 1.68. The first-order valence-electron chi connectivity index (χ1n) is 9.07. The standard InChI is InChI=1S/C19H24N4O3S/c1-12(2)16(18(25)26)20-15(24)11-27-19-22-21-17(14-8-9-14)23(19)10-13-6-4-3-5-7-13/h3-7,12,14,16H,8-11H2,1-2H3,(H,20,24)(H,25,26). The van der Waals surface area contributed by atoms with Crippen LogP contribution in [0.15, 0.2) is 35.5 Å². The normalized spacial score (nSPS) is 14.9. The average molecular weight is 388 g/mol. The number of nitrogens with zero attached hydrogens (tertiary/aromatic N) is 3. The highest BCUT2D eigenvalue weighted by atomic mass is 32.2. The second-order valence-corrected chi connectivity index (χ2v) is 8.05. The summed E-state index contributed by atoms with van der Waals surface area (Å²) in [4.78, 5) is 23.5. The van der Waals surface area contributed by atoms with Gasteiger partial charge in [-0.3, -0.25) is 4.79 Å². The number of benzene rings is 1. The highest BCUT2D eigenvalue weighted by Gasteiger charge is 2.31. The van der Waals surface area contributed by atoms with Gasteiger partial charge in [0, 0.05) is 5.92 Å². The first-order chi connectivity index (χ1) is 13.0. The third-order valence-electron chi connectivity index (χ3n) is 4.45. The average Bonchev–Trinajstić information content (AvgIpc) is 3.40. The van der Waals surface area contributed by atoms with Crippen molar-refractivity contribution in [2.24, 2.45) is 5.92 Å². The van der Waals surface area contributed by atoms with E-state index in [4.69, 9.17) is 0 Å². The lowest BCUT2D eigenvalue weighted by Gasteiger charge is -2.17. The summed E-state index contributed by atoms with van der Waals surface area (Å²) in [6, 6.07) is 9.19. The first-order valence-corrected chi connectivity index (χ1v) is 10.1. The number of thioether (sulfide) groups is 1. The summed E-state index contributed by atoms with van der Waals surface area (Å²) in [7, 11) is 0. The van der Waals surface area contributed by atoms with Crippen LogP contribution in [0.4, 0.5) is 0 Å². The number of hydrogen-bond acceptors (Lipinski definition) is 5. The van der Waals surface area contributed by atoms with Crippen LogP contribution in [0.3, 0.4) is 0 Å². The number of carboxylic acid groups (broad SMARTS) is 1. The van der Waals surface area contributed by atoms with Crippen LogP contribution in [0.1, 0.15) is 44.0 Å². The van der Waals surface area contributed by atoms with E-state index < -0.39 is 12.0 Å². The van der Waals surface area contributed by atoms with Gasteiger partial charge in [-0.05, 0) is 24.3 Å². The molecule has 1 atom stereocenters. The van der Waals surface area contributed by atoms with E-state index in [0.717, 1.165) is 24.2 Å². The van der Waals surface area contributed by atoms with E-state index in [-0.39, 0.29) is 17.6 Å². The van der Waals surface area contributed by atoms with Crippen molar-refractivity contribution in [1.29, 1.82) is 0 Å². The van der Waals surface area contributed by atoms with Crippen LogP contribution in [-0.4, -0.2) is 43.5 Å². The van der Waals surface area contributed by atoms with Gasteiger partial charge in [0.1, 0.15) is 11.9 Å². The molecule has 1 fully saturated rings. The number of rotatable bonds is 9. The van der Waals surface area contributed by atoms with Gasteiger partial charge in [-0.25, -0.2) is 4.79 Å². The van der Waals surface area contributed by atoms with E-state index in [2.05, 4.69) is 32.2 Å². The molecule has 1 saturated carbocycles. The highest BCUT2D eigenvalue weighted by Crippen LogP contribution is 2.40. The molecule has 7 nitrogen and oxygen atoms in total. The molecule has 27 heavy (non-hydrogen) atoms. The Morgan fingerprint density at radius 3 is 2.56 bits per heavy atom. The van der Waals surface area contributed by atoms with Crippen LogP contribution in [0, 0.1) is 5.92 Å². The smallest absolute Gasteiger partial charge is 0.326 e. The second-order valence-electron chi connectivity index (χ2n) is 7.10. The molecule has 0 aliphatic heterocycles. The molecule has 1 aliphatic carbocycles. The molecule has 0 saturated heterocycles. The van der Waals surface area contributed by atoms with Crippen molar-refractivity contribution in [3.63, 3.8) is 0 Å². The number of aliphatic carboxylic acids is 1. The number of carbonyl (C=O) groups excluding carboxylic acids is 1. The molecular formula is C19H24N4O3S. The summed E-state index contributed by atoms with van der Waals surface area (Å²) in [5.41, 5.74) is 1.15. The van der Waals surface area contributed by atoms with E-state index in [1.165, 1.54) is 11.8 Å². The number of carboxylic acids is 1. The van der Waals surface area contributed by atoms with Crippen LogP contribution in [0.2, 0.25) is 0 Å². The monoisotopic (exact) mass is 388 g/mol. The molecule has 144 valence electrons. The van der Waals surface area contributed by atoms with E-state index >= 15 is 0 Å². The van der Waals surface area contributed by atoms with Gasteiger partial charge in [0.25, 0.3) is 0 Å². The maximum atomic E-state index is 12.2. The predicted molar refractivity (Wildman–Crippen MR) is 103 cm³/mol. The van der Waals surface area contributed by atoms with Crippen molar-refractivity contribution < 1.29 is 14.7 Å². The SMILES string of the molecule is CC(C)C(NC(=O)CSc1nnc(C2CC2)n1Cc1ccccc1)C(=O)O. The Bertz CT molecular complexity index is 803. The minimum Gasteiger partial charge on any atom is -0.480 e. The fourth-order valence-corrected chi connectivity index (χ4v) is 3.58. The number of hydrogen-bond donors (Lipinski definition) is 2.